The van der Waals surface area contributed by atoms with Crippen LogP contribution in [0.4, 0.5) is 0 Å². The Labute approximate surface area is 81.3 Å². The minimum absolute atomic E-state index is 0.602. The van der Waals surface area contributed by atoms with Crippen LogP contribution in [0.25, 0.3) is 0 Å². The SMILES string of the molecule is CC1CN(C)CC2(CCOCC2)C1. The Kier molecular flexibility index (Phi) is 2.61. The Morgan fingerprint density at radius 3 is 2.62 bits per heavy atom. The maximum Gasteiger partial charge on any atom is 0.0471 e. The summed E-state index contributed by atoms with van der Waals surface area (Å²) in [6.07, 6.45) is 3.98. The van der Waals surface area contributed by atoms with E-state index in [0.717, 1.165) is 19.1 Å². The number of hydrogen-bond donors (Lipinski definition) is 0. The van der Waals surface area contributed by atoms with Crippen LogP contribution in [0.3, 0.4) is 0 Å². The van der Waals surface area contributed by atoms with Gasteiger partial charge in [-0.1, -0.05) is 6.92 Å². The zero-order valence-corrected chi connectivity index (χ0v) is 8.88. The molecule has 0 aromatic carbocycles. The summed E-state index contributed by atoms with van der Waals surface area (Å²) in [5, 5.41) is 0. The van der Waals surface area contributed by atoms with Crippen molar-refractivity contribution in [2.45, 2.75) is 26.2 Å². The fourth-order valence-corrected chi connectivity index (χ4v) is 3.20. The van der Waals surface area contributed by atoms with Gasteiger partial charge in [0.2, 0.25) is 0 Å². The molecule has 2 heterocycles. The van der Waals surface area contributed by atoms with Crippen molar-refractivity contribution in [3.8, 4) is 0 Å². The molecule has 0 radical (unpaired) electrons. The molecule has 2 nitrogen and oxygen atoms in total. The lowest BCUT2D eigenvalue weighted by atomic mass is 9.71. The Morgan fingerprint density at radius 2 is 2.00 bits per heavy atom. The fourth-order valence-electron chi connectivity index (χ4n) is 3.20. The van der Waals surface area contributed by atoms with Crippen LogP contribution in [0.1, 0.15) is 26.2 Å². The van der Waals surface area contributed by atoms with Crippen LogP contribution in [0.5, 0.6) is 0 Å². The van der Waals surface area contributed by atoms with Crippen molar-refractivity contribution in [3.05, 3.63) is 0 Å². The third-order valence-corrected chi connectivity index (χ3v) is 3.56. The van der Waals surface area contributed by atoms with Crippen molar-refractivity contribution in [2.75, 3.05) is 33.4 Å². The molecule has 1 atom stereocenters. The molecule has 0 aliphatic carbocycles. The Bertz CT molecular complexity index is 163. The topological polar surface area (TPSA) is 12.5 Å². The summed E-state index contributed by atoms with van der Waals surface area (Å²) in [7, 11) is 2.26. The molecule has 2 aliphatic heterocycles. The maximum absolute atomic E-state index is 5.45. The van der Waals surface area contributed by atoms with Crippen LogP contribution in [0.15, 0.2) is 0 Å². The molecule has 76 valence electrons. The molecular weight excluding hydrogens is 162 g/mol. The summed E-state index contributed by atoms with van der Waals surface area (Å²) in [6, 6.07) is 0. The summed E-state index contributed by atoms with van der Waals surface area (Å²) in [5.41, 5.74) is 0.602. The van der Waals surface area contributed by atoms with Gasteiger partial charge in [-0.3, -0.25) is 0 Å². The van der Waals surface area contributed by atoms with E-state index in [1.807, 2.05) is 0 Å². The summed E-state index contributed by atoms with van der Waals surface area (Å²) in [5.74, 6) is 0.872. The van der Waals surface area contributed by atoms with Gasteiger partial charge < -0.3 is 9.64 Å². The van der Waals surface area contributed by atoms with E-state index >= 15 is 0 Å². The molecule has 0 N–H and O–H groups in total. The molecular formula is C11H21NO. The quantitative estimate of drug-likeness (QED) is 0.567. The van der Waals surface area contributed by atoms with Gasteiger partial charge in [0.1, 0.15) is 0 Å². The van der Waals surface area contributed by atoms with Crippen LogP contribution in [0.2, 0.25) is 0 Å². The second kappa shape index (κ2) is 3.58. The van der Waals surface area contributed by atoms with Crippen molar-refractivity contribution in [2.24, 2.45) is 11.3 Å². The molecule has 13 heavy (non-hydrogen) atoms. The molecule has 1 spiro atoms. The van der Waals surface area contributed by atoms with E-state index in [4.69, 9.17) is 4.74 Å². The Balaban J connectivity index is 2.02. The van der Waals surface area contributed by atoms with Gasteiger partial charge in [-0.2, -0.15) is 0 Å². The number of hydrogen-bond acceptors (Lipinski definition) is 2. The van der Waals surface area contributed by atoms with Crippen LogP contribution in [0, 0.1) is 11.3 Å². The van der Waals surface area contributed by atoms with Gasteiger partial charge in [-0.05, 0) is 37.6 Å². The van der Waals surface area contributed by atoms with Gasteiger partial charge in [0.05, 0.1) is 0 Å². The maximum atomic E-state index is 5.45. The highest BCUT2D eigenvalue weighted by Gasteiger charge is 2.38. The second-order valence-corrected chi connectivity index (χ2v) is 5.12. The van der Waals surface area contributed by atoms with E-state index in [-0.39, 0.29) is 0 Å². The highest BCUT2D eigenvalue weighted by atomic mass is 16.5. The van der Waals surface area contributed by atoms with E-state index in [1.54, 1.807) is 0 Å². The van der Waals surface area contributed by atoms with E-state index < -0.39 is 0 Å². The number of likely N-dealkylation sites (tertiary alicyclic amines) is 1. The predicted octanol–water partition coefficient (Wildman–Crippen LogP) is 1.75. The number of nitrogens with zero attached hydrogens (tertiary/aromatic N) is 1. The summed E-state index contributed by atoms with van der Waals surface area (Å²) in [6.45, 7) is 6.93. The normalized spacial score (nSPS) is 35.1. The molecule has 2 fully saturated rings. The average Bonchev–Trinajstić information content (AvgIpc) is 2.02. The number of rotatable bonds is 0. The molecule has 2 rings (SSSR count). The van der Waals surface area contributed by atoms with Crippen LogP contribution >= 0.6 is 0 Å². The van der Waals surface area contributed by atoms with E-state index in [0.29, 0.717) is 5.41 Å². The standard InChI is InChI=1S/C11H21NO/c1-10-7-11(9-12(2)8-10)3-5-13-6-4-11/h10H,3-9H2,1-2H3. The third kappa shape index (κ3) is 2.05. The first kappa shape index (κ1) is 9.47. The molecule has 0 aromatic heterocycles. The lowest BCUT2D eigenvalue weighted by Crippen LogP contribution is -2.47. The fraction of sp³-hybridized carbons (Fsp3) is 1.00. The minimum Gasteiger partial charge on any atom is -0.381 e. The zero-order chi connectivity index (χ0) is 9.31. The lowest BCUT2D eigenvalue weighted by molar-refractivity contribution is -0.0354. The van der Waals surface area contributed by atoms with Crippen LogP contribution < -0.4 is 0 Å². The molecule has 1 unspecified atom stereocenters. The molecule has 0 bridgehead atoms. The van der Waals surface area contributed by atoms with E-state index in [9.17, 15) is 0 Å². The van der Waals surface area contributed by atoms with Crippen LogP contribution in [-0.2, 0) is 4.74 Å². The van der Waals surface area contributed by atoms with Gasteiger partial charge in [0, 0.05) is 26.3 Å². The van der Waals surface area contributed by atoms with Gasteiger partial charge in [0.25, 0.3) is 0 Å². The van der Waals surface area contributed by atoms with Crippen molar-refractivity contribution >= 4 is 0 Å². The van der Waals surface area contributed by atoms with Gasteiger partial charge in [-0.15, -0.1) is 0 Å². The van der Waals surface area contributed by atoms with Crippen molar-refractivity contribution in [1.82, 2.24) is 4.90 Å². The first-order valence-electron chi connectivity index (χ1n) is 5.47. The van der Waals surface area contributed by atoms with E-state index in [2.05, 4.69) is 18.9 Å². The molecule has 0 amide bonds. The monoisotopic (exact) mass is 183 g/mol. The third-order valence-electron chi connectivity index (χ3n) is 3.56. The van der Waals surface area contributed by atoms with Crippen LogP contribution in [-0.4, -0.2) is 38.3 Å². The van der Waals surface area contributed by atoms with Crippen molar-refractivity contribution in [3.63, 3.8) is 0 Å². The number of piperidine rings is 1. The van der Waals surface area contributed by atoms with E-state index in [1.165, 1.54) is 32.4 Å². The Morgan fingerprint density at radius 1 is 1.31 bits per heavy atom. The second-order valence-electron chi connectivity index (χ2n) is 5.12. The smallest absolute Gasteiger partial charge is 0.0471 e. The summed E-state index contributed by atoms with van der Waals surface area (Å²) < 4.78 is 5.45. The minimum atomic E-state index is 0.602. The molecule has 2 aliphatic rings. The predicted molar refractivity (Wildman–Crippen MR) is 53.8 cm³/mol. The van der Waals surface area contributed by atoms with Crippen molar-refractivity contribution in [1.29, 1.82) is 0 Å². The molecule has 0 aromatic rings. The first-order valence-corrected chi connectivity index (χ1v) is 5.47. The zero-order valence-electron chi connectivity index (χ0n) is 8.88. The van der Waals surface area contributed by atoms with Gasteiger partial charge in [0.15, 0.2) is 0 Å². The largest absolute Gasteiger partial charge is 0.381 e. The molecule has 2 heteroatoms. The molecule has 0 saturated carbocycles. The van der Waals surface area contributed by atoms with Gasteiger partial charge >= 0.3 is 0 Å². The van der Waals surface area contributed by atoms with Gasteiger partial charge in [-0.25, -0.2) is 0 Å². The average molecular weight is 183 g/mol. The Hall–Kier alpha value is -0.0800. The van der Waals surface area contributed by atoms with Crippen molar-refractivity contribution < 1.29 is 4.74 Å². The highest BCUT2D eigenvalue weighted by Crippen LogP contribution is 2.40. The summed E-state index contributed by atoms with van der Waals surface area (Å²) >= 11 is 0. The lowest BCUT2D eigenvalue weighted by Gasteiger charge is -2.46. The highest BCUT2D eigenvalue weighted by molar-refractivity contribution is 4.90. The first-order chi connectivity index (χ1) is 6.20. The summed E-state index contributed by atoms with van der Waals surface area (Å²) in [4.78, 5) is 2.50. The molecule has 2 saturated heterocycles. The number of ether oxygens (including phenoxy) is 1.